The van der Waals surface area contributed by atoms with Gasteiger partial charge in [-0.05, 0) is 44.0 Å². The van der Waals surface area contributed by atoms with E-state index in [2.05, 4.69) is 15.5 Å². The first-order valence-electron chi connectivity index (χ1n) is 9.90. The highest BCUT2D eigenvalue weighted by Gasteiger charge is 2.20. The highest BCUT2D eigenvalue weighted by atomic mass is 35.5. The molecule has 4 rings (SSSR count). The number of halogens is 1. The average Bonchev–Trinajstić information content (AvgIpc) is 3.42. The van der Waals surface area contributed by atoms with Crippen LogP contribution in [-0.2, 0) is 9.53 Å². The molecule has 1 aliphatic rings. The summed E-state index contributed by atoms with van der Waals surface area (Å²) < 4.78 is 7.50. The number of carbonyl (C=O) groups excluding carboxylic acids is 1. The first kappa shape index (κ1) is 20.9. The number of nitrogens with zero attached hydrogens (tertiary/aromatic N) is 3. The number of benzene rings is 2. The zero-order chi connectivity index (χ0) is 20.9. The molecule has 3 aromatic rings. The Morgan fingerprint density at radius 2 is 2.03 bits per heavy atom. The van der Waals surface area contributed by atoms with E-state index in [4.69, 9.17) is 16.3 Å². The summed E-state index contributed by atoms with van der Waals surface area (Å²) in [4.78, 5) is 12.3. The van der Waals surface area contributed by atoms with Crippen molar-refractivity contribution in [3.8, 4) is 17.1 Å². The molecule has 0 bridgehead atoms. The van der Waals surface area contributed by atoms with Crippen molar-refractivity contribution in [2.45, 2.75) is 31.0 Å². The molecule has 1 amide bonds. The number of rotatable bonds is 7. The zero-order valence-electron chi connectivity index (χ0n) is 16.7. The summed E-state index contributed by atoms with van der Waals surface area (Å²) in [5.74, 6) is 0.846. The van der Waals surface area contributed by atoms with Crippen LogP contribution in [0.2, 0.25) is 5.02 Å². The average molecular weight is 443 g/mol. The van der Waals surface area contributed by atoms with Gasteiger partial charge in [0.05, 0.1) is 16.9 Å². The molecule has 0 radical (unpaired) electrons. The molecule has 6 nitrogen and oxygen atoms in total. The maximum absolute atomic E-state index is 12.3. The van der Waals surface area contributed by atoms with Gasteiger partial charge in [0, 0.05) is 24.4 Å². The molecule has 0 aliphatic carbocycles. The number of hydrogen-bond donors (Lipinski definition) is 1. The topological polar surface area (TPSA) is 69.0 Å². The molecule has 0 spiro atoms. The maximum atomic E-state index is 12.3. The smallest absolute Gasteiger partial charge is 0.230 e. The van der Waals surface area contributed by atoms with Gasteiger partial charge in [0.2, 0.25) is 5.91 Å². The van der Waals surface area contributed by atoms with Gasteiger partial charge in [-0.3, -0.25) is 9.36 Å². The van der Waals surface area contributed by atoms with Crippen molar-refractivity contribution in [1.29, 1.82) is 0 Å². The lowest BCUT2D eigenvalue weighted by atomic mass is 10.2. The molecular formula is C22H23ClN4O2S. The summed E-state index contributed by atoms with van der Waals surface area (Å²) in [7, 11) is 0. The van der Waals surface area contributed by atoms with E-state index in [9.17, 15) is 4.79 Å². The second-order valence-electron chi connectivity index (χ2n) is 7.18. The SMILES string of the molecule is Cc1ccc(-n2c(SCC(=O)NC[C@H]3CCCO3)nnc2-c2ccccc2Cl)cc1. The molecule has 0 saturated carbocycles. The van der Waals surface area contributed by atoms with Gasteiger partial charge in [-0.2, -0.15) is 0 Å². The predicted molar refractivity (Wildman–Crippen MR) is 119 cm³/mol. The fraction of sp³-hybridized carbons (Fsp3) is 0.318. The third-order valence-corrected chi connectivity index (χ3v) is 6.18. The molecule has 1 saturated heterocycles. The number of nitrogens with one attached hydrogen (secondary N) is 1. The van der Waals surface area contributed by atoms with Crippen LogP contribution >= 0.6 is 23.4 Å². The van der Waals surface area contributed by atoms with Gasteiger partial charge in [0.25, 0.3) is 0 Å². The second kappa shape index (κ2) is 9.64. The molecule has 1 N–H and O–H groups in total. The van der Waals surface area contributed by atoms with Crippen LogP contribution in [0.3, 0.4) is 0 Å². The monoisotopic (exact) mass is 442 g/mol. The highest BCUT2D eigenvalue weighted by Crippen LogP contribution is 2.31. The number of aromatic nitrogens is 3. The maximum Gasteiger partial charge on any atom is 0.230 e. The van der Waals surface area contributed by atoms with Crippen LogP contribution in [0.15, 0.2) is 53.7 Å². The number of hydrogen-bond acceptors (Lipinski definition) is 5. The second-order valence-corrected chi connectivity index (χ2v) is 8.53. The number of carbonyl (C=O) groups is 1. The van der Waals surface area contributed by atoms with E-state index < -0.39 is 0 Å². The fourth-order valence-electron chi connectivity index (χ4n) is 3.32. The Hall–Kier alpha value is -2.35. The summed E-state index contributed by atoms with van der Waals surface area (Å²) in [6.07, 6.45) is 2.18. The van der Waals surface area contributed by atoms with Crippen LogP contribution < -0.4 is 5.32 Å². The Labute approximate surface area is 185 Å². The van der Waals surface area contributed by atoms with Crippen molar-refractivity contribution in [3.05, 3.63) is 59.1 Å². The van der Waals surface area contributed by atoms with Crippen LogP contribution in [0.25, 0.3) is 17.1 Å². The minimum absolute atomic E-state index is 0.0479. The lowest BCUT2D eigenvalue weighted by Gasteiger charge is -2.12. The van der Waals surface area contributed by atoms with E-state index >= 15 is 0 Å². The number of thioether (sulfide) groups is 1. The van der Waals surface area contributed by atoms with Gasteiger partial charge >= 0.3 is 0 Å². The molecular weight excluding hydrogens is 420 g/mol. The first-order chi connectivity index (χ1) is 14.6. The van der Waals surface area contributed by atoms with Gasteiger partial charge in [0.1, 0.15) is 0 Å². The largest absolute Gasteiger partial charge is 0.376 e. The van der Waals surface area contributed by atoms with E-state index in [1.165, 1.54) is 11.8 Å². The van der Waals surface area contributed by atoms with Crippen LogP contribution in [-0.4, -0.2) is 45.7 Å². The quantitative estimate of drug-likeness (QED) is 0.553. The van der Waals surface area contributed by atoms with Crippen molar-refractivity contribution in [2.75, 3.05) is 18.9 Å². The Morgan fingerprint density at radius 3 is 2.77 bits per heavy atom. The Morgan fingerprint density at radius 1 is 1.23 bits per heavy atom. The van der Waals surface area contributed by atoms with Crippen LogP contribution in [0, 0.1) is 6.92 Å². The van der Waals surface area contributed by atoms with E-state index in [0.29, 0.717) is 22.5 Å². The fourth-order valence-corrected chi connectivity index (χ4v) is 4.32. The van der Waals surface area contributed by atoms with Crippen molar-refractivity contribution >= 4 is 29.3 Å². The molecule has 1 fully saturated rings. The number of amides is 1. The van der Waals surface area contributed by atoms with Crippen LogP contribution in [0.1, 0.15) is 18.4 Å². The lowest BCUT2D eigenvalue weighted by molar-refractivity contribution is -0.119. The van der Waals surface area contributed by atoms with E-state index in [0.717, 1.165) is 36.3 Å². The Bertz CT molecular complexity index is 1020. The summed E-state index contributed by atoms with van der Waals surface area (Å²) in [6.45, 7) is 3.37. The summed E-state index contributed by atoms with van der Waals surface area (Å²) >= 11 is 7.77. The minimum atomic E-state index is -0.0479. The normalized spacial score (nSPS) is 16.0. The van der Waals surface area contributed by atoms with Gasteiger partial charge in [-0.15, -0.1) is 10.2 Å². The molecule has 8 heteroatoms. The summed E-state index contributed by atoms with van der Waals surface area (Å²) in [5, 5.41) is 12.9. The molecule has 1 aromatic heterocycles. The predicted octanol–water partition coefficient (Wildman–Crippen LogP) is 4.28. The Balaban J connectivity index is 1.56. The van der Waals surface area contributed by atoms with E-state index in [1.54, 1.807) is 0 Å². The first-order valence-corrected chi connectivity index (χ1v) is 11.3. The van der Waals surface area contributed by atoms with Gasteiger partial charge in [-0.25, -0.2) is 0 Å². The third kappa shape index (κ3) is 4.86. The number of aryl methyl sites for hydroxylation is 1. The molecule has 0 unspecified atom stereocenters. The molecule has 2 heterocycles. The van der Waals surface area contributed by atoms with Gasteiger partial charge in [0.15, 0.2) is 11.0 Å². The molecule has 1 atom stereocenters. The lowest BCUT2D eigenvalue weighted by Crippen LogP contribution is -2.32. The standard InChI is InChI=1S/C22H23ClN4O2S/c1-15-8-10-16(11-9-15)27-21(18-6-2-3-7-19(18)23)25-26-22(27)30-14-20(28)24-13-17-5-4-12-29-17/h2-3,6-11,17H,4-5,12-14H2,1H3,(H,24,28)/t17-/m1/s1. The van der Waals surface area contributed by atoms with Crippen molar-refractivity contribution in [1.82, 2.24) is 20.1 Å². The number of ether oxygens (including phenoxy) is 1. The Kier molecular flexibility index (Phi) is 6.72. The third-order valence-electron chi connectivity index (χ3n) is 4.92. The van der Waals surface area contributed by atoms with Crippen molar-refractivity contribution in [3.63, 3.8) is 0 Å². The van der Waals surface area contributed by atoms with Crippen molar-refractivity contribution < 1.29 is 9.53 Å². The summed E-state index contributed by atoms with van der Waals surface area (Å²) in [6, 6.07) is 15.6. The highest BCUT2D eigenvalue weighted by molar-refractivity contribution is 7.99. The van der Waals surface area contributed by atoms with Crippen LogP contribution in [0.4, 0.5) is 0 Å². The van der Waals surface area contributed by atoms with Gasteiger partial charge < -0.3 is 10.1 Å². The molecule has 2 aromatic carbocycles. The summed E-state index contributed by atoms with van der Waals surface area (Å²) in [5.41, 5.74) is 2.87. The van der Waals surface area contributed by atoms with Crippen molar-refractivity contribution in [2.24, 2.45) is 0 Å². The zero-order valence-corrected chi connectivity index (χ0v) is 18.2. The van der Waals surface area contributed by atoms with Crippen LogP contribution in [0.5, 0.6) is 0 Å². The molecule has 30 heavy (non-hydrogen) atoms. The van der Waals surface area contributed by atoms with Gasteiger partial charge in [-0.1, -0.05) is 53.2 Å². The molecule has 1 aliphatic heterocycles. The molecule has 156 valence electrons. The van der Waals surface area contributed by atoms with E-state index in [-0.39, 0.29) is 17.8 Å². The van der Waals surface area contributed by atoms with E-state index in [1.807, 2.05) is 60.0 Å². The minimum Gasteiger partial charge on any atom is -0.376 e.